The van der Waals surface area contributed by atoms with Gasteiger partial charge in [0, 0.05) is 32.2 Å². The summed E-state index contributed by atoms with van der Waals surface area (Å²) in [5.41, 5.74) is 1.85. The van der Waals surface area contributed by atoms with E-state index in [-0.39, 0.29) is 35.5 Å². The van der Waals surface area contributed by atoms with E-state index in [1.165, 1.54) is 12.0 Å². The number of hydrogen-bond acceptors (Lipinski definition) is 7. The first-order valence-electron chi connectivity index (χ1n) is 10.9. The molecule has 8 nitrogen and oxygen atoms in total. The lowest BCUT2D eigenvalue weighted by molar-refractivity contribution is -0.140. The summed E-state index contributed by atoms with van der Waals surface area (Å²) in [6, 6.07) is 7.53. The third kappa shape index (κ3) is 4.25. The Hall–Kier alpha value is -3.04. The van der Waals surface area contributed by atoms with Gasteiger partial charge in [0.2, 0.25) is 0 Å². The molecule has 2 aromatic rings. The molecule has 2 aliphatic rings. The molecule has 0 radical (unpaired) electrons. The van der Waals surface area contributed by atoms with Crippen molar-refractivity contribution in [2.45, 2.75) is 31.9 Å². The largest absolute Gasteiger partial charge is 0.507 e. The number of fused-ring (bicyclic) bond motifs is 1. The van der Waals surface area contributed by atoms with Gasteiger partial charge in [-0.1, -0.05) is 0 Å². The molecule has 2 N–H and O–H groups in total. The number of phenols is 1. The van der Waals surface area contributed by atoms with Gasteiger partial charge in [0.1, 0.15) is 17.6 Å². The van der Waals surface area contributed by atoms with Gasteiger partial charge in [-0.2, -0.15) is 0 Å². The van der Waals surface area contributed by atoms with Gasteiger partial charge in [0.15, 0.2) is 11.5 Å². The third-order valence-corrected chi connectivity index (χ3v) is 6.65. The molecule has 0 unspecified atom stereocenters. The summed E-state index contributed by atoms with van der Waals surface area (Å²) < 4.78 is 16.5. The van der Waals surface area contributed by atoms with Crippen molar-refractivity contribution in [3.8, 4) is 17.2 Å². The first kappa shape index (κ1) is 24.1. The molecule has 0 spiro atoms. The van der Waals surface area contributed by atoms with Gasteiger partial charge in [-0.15, -0.1) is 0 Å². The fourth-order valence-corrected chi connectivity index (χ4v) is 4.93. The van der Waals surface area contributed by atoms with E-state index in [2.05, 4.69) is 15.9 Å². The number of Topliss-reactive ketones (excluding diaryl/α,β-unsaturated/α-hetero) is 1. The monoisotopic (exact) mass is 531 g/mol. The van der Waals surface area contributed by atoms with Crippen LogP contribution in [0.25, 0.3) is 5.76 Å². The minimum Gasteiger partial charge on any atom is -0.507 e. The van der Waals surface area contributed by atoms with Crippen molar-refractivity contribution in [2.75, 3.05) is 27.4 Å². The van der Waals surface area contributed by atoms with Crippen LogP contribution in [0.15, 0.2) is 40.4 Å². The van der Waals surface area contributed by atoms with Crippen LogP contribution in [0.5, 0.6) is 17.2 Å². The van der Waals surface area contributed by atoms with E-state index in [9.17, 15) is 19.8 Å². The van der Waals surface area contributed by atoms with E-state index in [1.807, 2.05) is 6.92 Å². The number of nitrogens with zero attached hydrogens (tertiary/aromatic N) is 1. The van der Waals surface area contributed by atoms with Crippen molar-refractivity contribution in [1.82, 2.24) is 4.90 Å². The van der Waals surface area contributed by atoms with Crippen molar-refractivity contribution in [1.29, 1.82) is 0 Å². The van der Waals surface area contributed by atoms with Crippen LogP contribution in [0.4, 0.5) is 0 Å². The predicted octanol–water partition coefficient (Wildman–Crippen LogP) is 3.94. The number of carbonyl (C=O) groups excluding carboxylic acids is 2. The smallest absolute Gasteiger partial charge is 0.295 e. The molecule has 2 aliphatic heterocycles. The number of aromatic hydroxyl groups is 1. The van der Waals surface area contributed by atoms with Gasteiger partial charge >= 0.3 is 0 Å². The number of benzene rings is 2. The zero-order chi connectivity index (χ0) is 24.6. The Balaban J connectivity index is 1.86. The van der Waals surface area contributed by atoms with Crippen molar-refractivity contribution in [3.63, 3.8) is 0 Å². The second-order valence-electron chi connectivity index (χ2n) is 8.35. The molecule has 2 aromatic carbocycles. The van der Waals surface area contributed by atoms with Crippen molar-refractivity contribution >= 4 is 33.4 Å². The summed E-state index contributed by atoms with van der Waals surface area (Å²) in [7, 11) is 2.97. The average molecular weight is 532 g/mol. The van der Waals surface area contributed by atoms with Crippen LogP contribution in [0.2, 0.25) is 0 Å². The fourth-order valence-electron chi connectivity index (χ4n) is 4.47. The maximum absolute atomic E-state index is 13.2. The van der Waals surface area contributed by atoms with E-state index in [1.54, 1.807) is 37.4 Å². The number of carbonyl (C=O) groups is 2. The van der Waals surface area contributed by atoms with Crippen LogP contribution >= 0.6 is 15.9 Å². The van der Waals surface area contributed by atoms with E-state index in [0.717, 1.165) is 11.3 Å². The Morgan fingerprint density at radius 1 is 1.24 bits per heavy atom. The van der Waals surface area contributed by atoms with Crippen molar-refractivity contribution in [3.05, 3.63) is 57.1 Å². The van der Waals surface area contributed by atoms with E-state index in [4.69, 9.17) is 14.2 Å². The molecular weight excluding hydrogens is 506 g/mol. The Morgan fingerprint density at radius 2 is 2.00 bits per heavy atom. The lowest BCUT2D eigenvalue weighted by Gasteiger charge is -2.26. The summed E-state index contributed by atoms with van der Waals surface area (Å²) in [4.78, 5) is 27.6. The quantitative estimate of drug-likeness (QED) is 0.241. The van der Waals surface area contributed by atoms with Gasteiger partial charge in [-0.25, -0.2) is 0 Å². The van der Waals surface area contributed by atoms with Gasteiger partial charge in [-0.05, 0) is 70.7 Å². The van der Waals surface area contributed by atoms with E-state index in [0.29, 0.717) is 35.0 Å². The Kier molecular flexibility index (Phi) is 6.86. The zero-order valence-electron chi connectivity index (χ0n) is 19.1. The number of halogens is 1. The maximum Gasteiger partial charge on any atom is 0.295 e. The maximum atomic E-state index is 13.2. The number of methoxy groups -OCH3 is 2. The molecule has 0 aliphatic carbocycles. The normalized spacial score (nSPS) is 21.0. The van der Waals surface area contributed by atoms with E-state index >= 15 is 0 Å². The number of ether oxygens (including phenoxy) is 3. The van der Waals surface area contributed by atoms with E-state index < -0.39 is 17.7 Å². The Bertz CT molecular complexity index is 1180. The molecule has 180 valence electrons. The second kappa shape index (κ2) is 9.68. The molecule has 34 heavy (non-hydrogen) atoms. The Labute approximate surface area is 205 Å². The summed E-state index contributed by atoms with van der Waals surface area (Å²) in [6.45, 7) is 2.61. The van der Waals surface area contributed by atoms with Crippen LogP contribution in [-0.4, -0.2) is 60.3 Å². The first-order chi connectivity index (χ1) is 16.3. The third-order valence-electron chi connectivity index (χ3n) is 6.04. The summed E-state index contributed by atoms with van der Waals surface area (Å²) in [6.07, 6.45) is 1.22. The fraction of sp³-hybridized carbons (Fsp3) is 0.360. The lowest BCUT2D eigenvalue weighted by Crippen LogP contribution is -2.31. The molecule has 0 bridgehead atoms. The molecule has 1 amide bonds. The Morgan fingerprint density at radius 3 is 2.71 bits per heavy atom. The zero-order valence-corrected chi connectivity index (χ0v) is 20.7. The van der Waals surface area contributed by atoms with Gasteiger partial charge in [-0.3, -0.25) is 9.59 Å². The van der Waals surface area contributed by atoms with Gasteiger partial charge in [0.05, 0.1) is 23.2 Å². The summed E-state index contributed by atoms with van der Waals surface area (Å²) in [5, 5.41) is 21.6. The second-order valence-corrected chi connectivity index (χ2v) is 9.20. The minimum absolute atomic E-state index is 0.0195. The highest BCUT2D eigenvalue weighted by Crippen LogP contribution is 2.44. The SMILES string of the molecule is COCCCN1C(=O)C(=O)/C(=C(/O)c2ccc3c(c2)C[C@@H](C)O3)[C@@H]1c1cc(Br)c(O)c(OC)c1. The highest BCUT2D eigenvalue weighted by atomic mass is 79.9. The highest BCUT2D eigenvalue weighted by molar-refractivity contribution is 9.10. The summed E-state index contributed by atoms with van der Waals surface area (Å²) >= 11 is 3.31. The standard InChI is InChI=1S/C25H26BrNO7/c1-13-9-15-10-14(5-6-18(15)34-13)22(28)20-21(16-11-17(26)23(29)19(12-16)33-3)27(7-4-8-32-2)25(31)24(20)30/h5-6,10-13,21,28-29H,4,7-9H2,1-3H3/b22-20+/t13-,21+/m1/s1. The number of ketones is 1. The number of hydrogen-bond donors (Lipinski definition) is 2. The number of likely N-dealkylation sites (tertiary alicyclic amines) is 1. The molecule has 2 heterocycles. The van der Waals surface area contributed by atoms with Crippen LogP contribution in [0.3, 0.4) is 0 Å². The first-order valence-corrected chi connectivity index (χ1v) is 11.7. The number of rotatable bonds is 7. The molecule has 4 rings (SSSR count). The molecule has 2 atom stereocenters. The lowest BCUT2D eigenvalue weighted by atomic mass is 9.94. The summed E-state index contributed by atoms with van der Waals surface area (Å²) in [5.74, 6) is -0.918. The van der Waals surface area contributed by atoms with Crippen LogP contribution in [0, 0.1) is 0 Å². The number of aliphatic hydroxyl groups is 1. The number of amides is 1. The molecule has 9 heteroatoms. The molecule has 0 aromatic heterocycles. The van der Waals surface area contributed by atoms with Crippen molar-refractivity contribution in [2.24, 2.45) is 0 Å². The van der Waals surface area contributed by atoms with Gasteiger partial charge < -0.3 is 29.3 Å². The average Bonchev–Trinajstić information content (AvgIpc) is 3.31. The molecule has 1 fully saturated rings. The molecular formula is C25H26BrNO7. The van der Waals surface area contributed by atoms with Crippen molar-refractivity contribution < 1.29 is 34.0 Å². The minimum atomic E-state index is -0.869. The van der Waals surface area contributed by atoms with Gasteiger partial charge in [0.25, 0.3) is 11.7 Å². The predicted molar refractivity (Wildman–Crippen MR) is 128 cm³/mol. The molecule has 0 saturated carbocycles. The number of phenolic OH excluding ortho intramolecular Hbond substituents is 1. The highest BCUT2D eigenvalue weighted by Gasteiger charge is 2.46. The number of aliphatic hydroxyl groups excluding tert-OH is 1. The van der Waals surface area contributed by atoms with Crippen LogP contribution in [0.1, 0.15) is 36.1 Å². The van der Waals surface area contributed by atoms with Crippen LogP contribution < -0.4 is 9.47 Å². The topological polar surface area (TPSA) is 106 Å². The van der Waals surface area contributed by atoms with Crippen LogP contribution in [-0.2, 0) is 20.7 Å². The molecule has 1 saturated heterocycles.